The Morgan fingerprint density at radius 1 is 0.625 bits per heavy atom. The molecule has 0 atom stereocenters. The van der Waals surface area contributed by atoms with E-state index < -0.39 is 0 Å². The predicted molar refractivity (Wildman–Crippen MR) is 71.0 cm³/mol. The average molecular weight is 230 g/mol. The fraction of sp³-hybridized carbons (Fsp3) is 1.00. The first-order valence-corrected chi connectivity index (χ1v) is 6.99. The molecule has 0 aromatic rings. The van der Waals surface area contributed by atoms with E-state index >= 15 is 0 Å². The molecule has 2 N–H and O–H groups in total. The van der Waals surface area contributed by atoms with Gasteiger partial charge in [-0.15, -0.1) is 0 Å². The molecule has 16 heavy (non-hydrogen) atoms. The first-order valence-electron chi connectivity index (χ1n) is 6.99. The van der Waals surface area contributed by atoms with Crippen LogP contribution in [0.15, 0.2) is 0 Å². The zero-order valence-electron chi connectivity index (χ0n) is 11.2. The lowest BCUT2D eigenvalue weighted by molar-refractivity contribution is 0.109. The van der Waals surface area contributed by atoms with Crippen LogP contribution in [0.3, 0.4) is 0 Å². The molecule has 2 saturated heterocycles. The van der Waals surface area contributed by atoms with Crippen molar-refractivity contribution in [1.29, 1.82) is 0 Å². The molecule has 3 nitrogen and oxygen atoms in total. The Morgan fingerprint density at radius 3 is 1.44 bits per heavy atom. The minimum Gasteiger partial charge on any atom is -0.379 e. The average Bonchev–Trinajstić information content (AvgIpc) is 2.34. The smallest absolute Gasteiger partial charge is 0.0591 e. The van der Waals surface area contributed by atoms with Gasteiger partial charge in [-0.25, -0.2) is 0 Å². The summed E-state index contributed by atoms with van der Waals surface area (Å²) in [5, 5.41) is 6.55. The number of nitrogens with one attached hydrogen (secondary N) is 2. The number of hydrogen-bond acceptors (Lipinski definition) is 3. The van der Waals surface area contributed by atoms with Crippen LogP contribution in [0.25, 0.3) is 0 Å². The van der Waals surface area contributed by atoms with E-state index in [-0.39, 0.29) is 0 Å². The van der Waals surface area contributed by atoms with Crippen molar-refractivity contribution in [1.82, 2.24) is 10.6 Å². The summed E-state index contributed by atoms with van der Waals surface area (Å²) in [5.74, 6) is 0. The highest BCUT2D eigenvalue weighted by Crippen LogP contribution is 2.03. The van der Waals surface area contributed by atoms with Crippen LogP contribution < -0.4 is 10.6 Å². The zero-order valence-corrected chi connectivity index (χ0v) is 11.2. The largest absolute Gasteiger partial charge is 0.379 e. The maximum atomic E-state index is 5.01. The Balaban J connectivity index is 0.000000251. The van der Waals surface area contributed by atoms with Gasteiger partial charge in [0.05, 0.1) is 13.2 Å². The van der Waals surface area contributed by atoms with Crippen LogP contribution in [-0.2, 0) is 4.74 Å². The van der Waals surface area contributed by atoms with Gasteiger partial charge in [0.25, 0.3) is 0 Å². The van der Waals surface area contributed by atoms with Gasteiger partial charge in [0.2, 0.25) is 0 Å². The fourth-order valence-electron chi connectivity index (χ4n) is 1.67. The van der Waals surface area contributed by atoms with E-state index in [9.17, 15) is 0 Å². The Hall–Kier alpha value is -0.120. The fourth-order valence-corrected chi connectivity index (χ4v) is 1.67. The van der Waals surface area contributed by atoms with E-state index in [2.05, 4.69) is 10.6 Å². The Kier molecular flexibility index (Phi) is 14.8. The first-order chi connectivity index (χ1) is 8.00. The molecule has 0 radical (unpaired) electrons. The van der Waals surface area contributed by atoms with Crippen molar-refractivity contribution in [2.24, 2.45) is 0 Å². The van der Waals surface area contributed by atoms with Crippen molar-refractivity contribution in [2.45, 2.75) is 46.0 Å². The van der Waals surface area contributed by atoms with Crippen LogP contribution in [0.2, 0.25) is 0 Å². The van der Waals surface area contributed by atoms with Crippen LogP contribution in [0.1, 0.15) is 46.0 Å². The van der Waals surface area contributed by atoms with Crippen molar-refractivity contribution >= 4 is 0 Å². The Bertz CT molecular complexity index is 81.0. The molecule has 0 amide bonds. The van der Waals surface area contributed by atoms with Gasteiger partial charge in [-0.3, -0.25) is 0 Å². The van der Waals surface area contributed by atoms with Gasteiger partial charge < -0.3 is 15.4 Å². The number of morpholine rings is 1. The van der Waals surface area contributed by atoms with Gasteiger partial charge in [0.15, 0.2) is 0 Å². The molecule has 2 rings (SSSR count). The molecule has 2 aliphatic rings. The van der Waals surface area contributed by atoms with Crippen molar-refractivity contribution in [3.8, 4) is 0 Å². The molecule has 0 aromatic heterocycles. The maximum absolute atomic E-state index is 5.01. The second-order valence-corrected chi connectivity index (χ2v) is 3.88. The van der Waals surface area contributed by atoms with E-state index in [0.29, 0.717) is 0 Å². The number of rotatable bonds is 0. The molecule has 0 saturated carbocycles. The summed E-state index contributed by atoms with van der Waals surface area (Å²) in [7, 11) is 0. The molecular formula is C13H30N2O. The SMILES string of the molecule is C1CCCNCCC1.C1COCCN1.CC. The predicted octanol–water partition coefficient (Wildman–Crippen LogP) is 2.17. The molecule has 2 aliphatic heterocycles. The van der Waals surface area contributed by atoms with Crippen LogP contribution in [0.5, 0.6) is 0 Å². The summed E-state index contributed by atoms with van der Waals surface area (Å²) in [6.07, 6.45) is 7.11. The van der Waals surface area contributed by atoms with E-state index in [1.807, 2.05) is 13.8 Å². The lowest BCUT2D eigenvalue weighted by Gasteiger charge is -2.10. The minimum absolute atomic E-state index is 0.889. The minimum atomic E-state index is 0.889. The van der Waals surface area contributed by atoms with Gasteiger partial charge in [-0.1, -0.05) is 33.1 Å². The van der Waals surface area contributed by atoms with E-state index in [0.717, 1.165) is 26.3 Å². The summed E-state index contributed by atoms with van der Waals surface area (Å²) in [6, 6.07) is 0. The zero-order chi connectivity index (χ0) is 11.9. The van der Waals surface area contributed by atoms with Gasteiger partial charge in [-0.05, 0) is 25.9 Å². The molecule has 2 fully saturated rings. The highest BCUT2D eigenvalue weighted by Gasteiger charge is 1.94. The Morgan fingerprint density at radius 2 is 1.06 bits per heavy atom. The summed E-state index contributed by atoms with van der Waals surface area (Å²) in [5.41, 5.74) is 0. The monoisotopic (exact) mass is 230 g/mol. The molecule has 2 heterocycles. The summed E-state index contributed by atoms with van der Waals surface area (Å²) < 4.78 is 5.01. The molecular weight excluding hydrogens is 200 g/mol. The van der Waals surface area contributed by atoms with Gasteiger partial charge in [-0.2, -0.15) is 0 Å². The number of ether oxygens (including phenoxy) is 1. The van der Waals surface area contributed by atoms with Crippen molar-refractivity contribution < 1.29 is 4.74 Å². The maximum Gasteiger partial charge on any atom is 0.0591 e. The molecule has 3 heteroatoms. The van der Waals surface area contributed by atoms with E-state index in [4.69, 9.17) is 4.74 Å². The molecule has 0 bridgehead atoms. The van der Waals surface area contributed by atoms with E-state index in [1.54, 1.807) is 0 Å². The second-order valence-electron chi connectivity index (χ2n) is 3.88. The van der Waals surface area contributed by atoms with Crippen LogP contribution in [-0.4, -0.2) is 39.4 Å². The van der Waals surface area contributed by atoms with Gasteiger partial charge >= 0.3 is 0 Å². The molecule has 0 spiro atoms. The third-order valence-corrected chi connectivity index (χ3v) is 2.55. The standard InChI is InChI=1S/C7H15N.C4H9NO.C2H6/c1-2-4-6-8-7-5-3-1;1-3-6-4-2-5-1;1-2/h8H,1-7H2;5H,1-4H2;1-2H3. The van der Waals surface area contributed by atoms with E-state index in [1.165, 1.54) is 45.2 Å². The summed E-state index contributed by atoms with van der Waals surface area (Å²) >= 11 is 0. The molecule has 0 unspecified atom stereocenters. The van der Waals surface area contributed by atoms with Gasteiger partial charge in [0, 0.05) is 13.1 Å². The summed E-state index contributed by atoms with van der Waals surface area (Å²) in [6.45, 7) is 10.3. The summed E-state index contributed by atoms with van der Waals surface area (Å²) in [4.78, 5) is 0. The lowest BCUT2D eigenvalue weighted by atomic mass is 10.1. The topological polar surface area (TPSA) is 33.3 Å². The molecule has 0 aliphatic carbocycles. The highest BCUT2D eigenvalue weighted by molar-refractivity contribution is 4.54. The quantitative estimate of drug-likeness (QED) is 0.669. The van der Waals surface area contributed by atoms with Gasteiger partial charge in [0.1, 0.15) is 0 Å². The number of hydrogen-bond donors (Lipinski definition) is 2. The van der Waals surface area contributed by atoms with Crippen LogP contribution >= 0.6 is 0 Å². The Labute approximate surface area is 101 Å². The highest BCUT2D eigenvalue weighted by atomic mass is 16.5. The van der Waals surface area contributed by atoms with Crippen LogP contribution in [0.4, 0.5) is 0 Å². The van der Waals surface area contributed by atoms with Crippen molar-refractivity contribution in [3.63, 3.8) is 0 Å². The second kappa shape index (κ2) is 14.9. The normalized spacial score (nSPS) is 21.4. The molecule has 0 aromatic carbocycles. The third-order valence-electron chi connectivity index (χ3n) is 2.55. The first kappa shape index (κ1) is 15.9. The third kappa shape index (κ3) is 12.0. The van der Waals surface area contributed by atoms with Crippen molar-refractivity contribution in [2.75, 3.05) is 39.4 Å². The van der Waals surface area contributed by atoms with Crippen molar-refractivity contribution in [3.05, 3.63) is 0 Å². The lowest BCUT2D eigenvalue weighted by Crippen LogP contribution is -2.30. The molecule has 98 valence electrons. The van der Waals surface area contributed by atoms with Crippen LogP contribution in [0, 0.1) is 0 Å².